The number of hydrogen-bond acceptors (Lipinski definition) is 4. The summed E-state index contributed by atoms with van der Waals surface area (Å²) in [6.45, 7) is 1.86. The first-order chi connectivity index (χ1) is 14.8. The van der Waals surface area contributed by atoms with Crippen LogP contribution in [-0.2, 0) is 6.18 Å². The van der Waals surface area contributed by atoms with Crippen molar-refractivity contribution < 1.29 is 27.8 Å². The zero-order chi connectivity index (χ0) is 22.0. The maximum Gasteiger partial charge on any atom is 0.417 e. The Balaban J connectivity index is 1.46. The molecule has 1 saturated carbocycles. The molecule has 4 rings (SSSR count). The quantitative estimate of drug-likeness (QED) is 0.718. The SMILES string of the molecule is O=C(O)N1CCN(C2CCCC2)CC1c1ccc(Oc2ccc(C(F)(F)F)cn2)cc1. The summed E-state index contributed by atoms with van der Waals surface area (Å²) < 4.78 is 43.5. The third-order valence-corrected chi connectivity index (χ3v) is 6.05. The number of aromatic nitrogens is 1. The molecule has 31 heavy (non-hydrogen) atoms. The highest BCUT2D eigenvalue weighted by atomic mass is 19.4. The Hall–Kier alpha value is -2.81. The van der Waals surface area contributed by atoms with Gasteiger partial charge in [0.15, 0.2) is 0 Å². The molecule has 0 spiro atoms. The van der Waals surface area contributed by atoms with Gasteiger partial charge in [-0.05, 0) is 36.6 Å². The topological polar surface area (TPSA) is 65.9 Å². The smallest absolute Gasteiger partial charge is 0.417 e. The van der Waals surface area contributed by atoms with Crippen molar-refractivity contribution in [2.45, 2.75) is 43.9 Å². The fourth-order valence-corrected chi connectivity index (χ4v) is 4.41. The van der Waals surface area contributed by atoms with Crippen molar-refractivity contribution in [3.05, 3.63) is 53.7 Å². The molecule has 1 aromatic heterocycles. The highest BCUT2D eigenvalue weighted by Crippen LogP contribution is 2.33. The highest BCUT2D eigenvalue weighted by molar-refractivity contribution is 5.66. The molecular weight excluding hydrogens is 411 g/mol. The van der Waals surface area contributed by atoms with E-state index < -0.39 is 17.8 Å². The van der Waals surface area contributed by atoms with Crippen LogP contribution in [0, 0.1) is 0 Å². The summed E-state index contributed by atoms with van der Waals surface area (Å²) in [4.78, 5) is 19.3. The summed E-state index contributed by atoms with van der Waals surface area (Å²) in [5.74, 6) is 0.472. The average molecular weight is 435 g/mol. The second-order valence-electron chi connectivity index (χ2n) is 7.98. The van der Waals surface area contributed by atoms with Gasteiger partial charge in [-0.3, -0.25) is 9.80 Å². The van der Waals surface area contributed by atoms with Crippen LogP contribution in [0.3, 0.4) is 0 Å². The van der Waals surface area contributed by atoms with Gasteiger partial charge in [0.05, 0.1) is 11.6 Å². The van der Waals surface area contributed by atoms with Crippen LogP contribution < -0.4 is 4.74 Å². The summed E-state index contributed by atoms with van der Waals surface area (Å²) in [7, 11) is 0. The first-order valence-corrected chi connectivity index (χ1v) is 10.4. The summed E-state index contributed by atoms with van der Waals surface area (Å²) in [6.07, 6.45) is 0.102. The number of halogens is 3. The highest BCUT2D eigenvalue weighted by Gasteiger charge is 2.35. The summed E-state index contributed by atoms with van der Waals surface area (Å²) in [5.41, 5.74) is 0.0194. The van der Waals surface area contributed by atoms with Gasteiger partial charge < -0.3 is 9.84 Å². The molecule has 2 aliphatic rings. The third-order valence-electron chi connectivity index (χ3n) is 6.05. The van der Waals surface area contributed by atoms with Crippen molar-refractivity contribution >= 4 is 6.09 Å². The van der Waals surface area contributed by atoms with E-state index in [1.807, 2.05) is 0 Å². The Morgan fingerprint density at radius 2 is 1.77 bits per heavy atom. The van der Waals surface area contributed by atoms with Crippen molar-refractivity contribution in [1.29, 1.82) is 0 Å². The molecule has 1 aromatic carbocycles. The number of carboxylic acid groups (broad SMARTS) is 1. The lowest BCUT2D eigenvalue weighted by atomic mass is 10.0. The van der Waals surface area contributed by atoms with Crippen molar-refractivity contribution in [3.63, 3.8) is 0 Å². The lowest BCUT2D eigenvalue weighted by Crippen LogP contribution is -2.52. The van der Waals surface area contributed by atoms with Gasteiger partial charge in [0.2, 0.25) is 5.88 Å². The molecule has 2 fully saturated rings. The normalized spacial score (nSPS) is 20.7. The van der Waals surface area contributed by atoms with Gasteiger partial charge in [0.1, 0.15) is 5.75 Å². The van der Waals surface area contributed by atoms with Gasteiger partial charge in [-0.25, -0.2) is 9.78 Å². The minimum atomic E-state index is -4.45. The molecule has 166 valence electrons. The lowest BCUT2D eigenvalue weighted by molar-refractivity contribution is -0.137. The molecule has 2 aromatic rings. The predicted molar refractivity (Wildman–Crippen MR) is 107 cm³/mol. The van der Waals surface area contributed by atoms with Gasteiger partial charge >= 0.3 is 12.3 Å². The van der Waals surface area contributed by atoms with Crippen LogP contribution in [0.25, 0.3) is 0 Å². The third kappa shape index (κ3) is 4.92. The van der Waals surface area contributed by atoms with E-state index in [0.29, 0.717) is 24.9 Å². The van der Waals surface area contributed by atoms with E-state index in [0.717, 1.165) is 37.2 Å². The fraction of sp³-hybridized carbons (Fsp3) is 0.455. The Morgan fingerprint density at radius 3 is 2.35 bits per heavy atom. The minimum absolute atomic E-state index is 0.0537. The Kier molecular flexibility index (Phi) is 6.04. The van der Waals surface area contributed by atoms with E-state index in [2.05, 4.69) is 9.88 Å². The predicted octanol–water partition coefficient (Wildman–Crippen LogP) is 5.17. The lowest BCUT2D eigenvalue weighted by Gasteiger charge is -2.42. The molecule has 1 aliphatic heterocycles. The maximum absolute atomic E-state index is 12.7. The van der Waals surface area contributed by atoms with Crippen LogP contribution in [0.5, 0.6) is 11.6 Å². The van der Waals surface area contributed by atoms with E-state index in [1.54, 1.807) is 24.3 Å². The number of hydrogen-bond donors (Lipinski definition) is 1. The van der Waals surface area contributed by atoms with E-state index in [4.69, 9.17) is 4.74 Å². The molecule has 2 heterocycles. The standard InChI is InChI=1S/C22H24F3N3O3/c23-22(24,25)16-7-10-20(26-13-16)31-18-8-5-15(6-9-18)19-14-27(17-3-1-2-4-17)11-12-28(19)21(29)30/h5-10,13,17,19H,1-4,11-12,14H2,(H,29,30). The van der Waals surface area contributed by atoms with Crippen molar-refractivity contribution in [1.82, 2.24) is 14.8 Å². The first kappa shape index (κ1) is 21.4. The first-order valence-electron chi connectivity index (χ1n) is 10.4. The van der Waals surface area contributed by atoms with Crippen LogP contribution in [0.2, 0.25) is 0 Å². The number of carbonyl (C=O) groups is 1. The Labute approximate surface area is 178 Å². The number of ether oxygens (including phenoxy) is 1. The maximum atomic E-state index is 12.7. The van der Waals surface area contributed by atoms with Crippen LogP contribution in [0.15, 0.2) is 42.6 Å². The molecule has 0 bridgehead atoms. The van der Waals surface area contributed by atoms with E-state index in [1.165, 1.54) is 23.8 Å². The van der Waals surface area contributed by atoms with Gasteiger partial charge in [-0.2, -0.15) is 13.2 Å². The Morgan fingerprint density at radius 1 is 1.06 bits per heavy atom. The summed E-state index contributed by atoms with van der Waals surface area (Å²) in [6, 6.07) is 9.31. The second kappa shape index (κ2) is 8.74. The molecule has 1 aliphatic carbocycles. The molecule has 1 atom stereocenters. The fourth-order valence-electron chi connectivity index (χ4n) is 4.41. The largest absolute Gasteiger partial charge is 0.465 e. The van der Waals surface area contributed by atoms with Crippen molar-refractivity contribution in [3.8, 4) is 11.6 Å². The number of alkyl halides is 3. The zero-order valence-electron chi connectivity index (χ0n) is 16.9. The molecule has 1 N–H and O–H groups in total. The van der Waals surface area contributed by atoms with Gasteiger partial charge in [0, 0.05) is 37.9 Å². The number of benzene rings is 1. The number of rotatable bonds is 4. The van der Waals surface area contributed by atoms with Gasteiger partial charge in [-0.15, -0.1) is 0 Å². The van der Waals surface area contributed by atoms with Crippen molar-refractivity contribution in [2.75, 3.05) is 19.6 Å². The monoisotopic (exact) mass is 435 g/mol. The number of amides is 1. The summed E-state index contributed by atoms with van der Waals surface area (Å²) >= 11 is 0. The molecule has 1 saturated heterocycles. The van der Waals surface area contributed by atoms with Crippen LogP contribution in [-0.4, -0.2) is 51.7 Å². The van der Waals surface area contributed by atoms with Gasteiger partial charge in [-0.1, -0.05) is 25.0 Å². The van der Waals surface area contributed by atoms with Crippen LogP contribution in [0.1, 0.15) is 42.9 Å². The molecule has 6 nitrogen and oxygen atoms in total. The van der Waals surface area contributed by atoms with Crippen LogP contribution in [0.4, 0.5) is 18.0 Å². The van der Waals surface area contributed by atoms with E-state index in [9.17, 15) is 23.1 Å². The molecule has 1 amide bonds. The number of nitrogens with zero attached hydrogens (tertiary/aromatic N) is 3. The molecule has 9 heteroatoms. The molecular formula is C22H24F3N3O3. The van der Waals surface area contributed by atoms with E-state index in [-0.39, 0.29) is 11.9 Å². The van der Waals surface area contributed by atoms with Gasteiger partial charge in [0.25, 0.3) is 0 Å². The summed E-state index contributed by atoms with van der Waals surface area (Å²) in [5, 5.41) is 9.65. The number of pyridine rings is 1. The molecule has 1 unspecified atom stereocenters. The average Bonchev–Trinajstić information content (AvgIpc) is 3.28. The van der Waals surface area contributed by atoms with Crippen LogP contribution >= 0.6 is 0 Å². The van der Waals surface area contributed by atoms with E-state index >= 15 is 0 Å². The second-order valence-corrected chi connectivity index (χ2v) is 7.98. The van der Waals surface area contributed by atoms with Crippen molar-refractivity contribution in [2.24, 2.45) is 0 Å². The number of piperazine rings is 1. The Bertz CT molecular complexity index is 897. The minimum Gasteiger partial charge on any atom is -0.465 e. The zero-order valence-corrected chi connectivity index (χ0v) is 16.9. The molecule has 0 radical (unpaired) electrons.